The summed E-state index contributed by atoms with van der Waals surface area (Å²) in [6.07, 6.45) is 0.539. The first-order valence-corrected chi connectivity index (χ1v) is 7.36. The standard InChI is InChI=1S/C17H17F2N3O/c1-10-8-13(6-7-14(10)19)20-17(23)16-9-15(21-22-16)11-2-4-12(18)5-3-11/h2-8,15-16,21-22H,9H2,1H3,(H,20,23). The third-order valence-corrected chi connectivity index (χ3v) is 3.92. The van der Waals surface area contributed by atoms with Crippen LogP contribution in [0.3, 0.4) is 0 Å². The quantitative estimate of drug-likeness (QED) is 0.816. The number of carbonyl (C=O) groups is 1. The molecule has 23 heavy (non-hydrogen) atoms. The van der Waals surface area contributed by atoms with E-state index in [9.17, 15) is 13.6 Å². The molecular formula is C17H17F2N3O. The van der Waals surface area contributed by atoms with Gasteiger partial charge >= 0.3 is 0 Å². The van der Waals surface area contributed by atoms with Gasteiger partial charge in [-0.25, -0.2) is 19.6 Å². The van der Waals surface area contributed by atoms with E-state index < -0.39 is 6.04 Å². The third kappa shape index (κ3) is 3.55. The minimum absolute atomic E-state index is 0.0682. The van der Waals surface area contributed by atoms with Crippen molar-refractivity contribution < 1.29 is 13.6 Å². The van der Waals surface area contributed by atoms with Crippen LogP contribution in [0.15, 0.2) is 42.5 Å². The zero-order valence-electron chi connectivity index (χ0n) is 12.6. The fourth-order valence-electron chi connectivity index (χ4n) is 2.59. The minimum Gasteiger partial charge on any atom is -0.325 e. The van der Waals surface area contributed by atoms with Crippen LogP contribution < -0.4 is 16.2 Å². The topological polar surface area (TPSA) is 53.2 Å². The molecule has 4 nitrogen and oxygen atoms in total. The van der Waals surface area contributed by atoms with Crippen LogP contribution in [0.5, 0.6) is 0 Å². The van der Waals surface area contributed by atoms with Gasteiger partial charge in [0, 0.05) is 11.7 Å². The molecule has 2 atom stereocenters. The van der Waals surface area contributed by atoms with Crippen LogP contribution in [-0.2, 0) is 4.79 Å². The van der Waals surface area contributed by atoms with Crippen molar-refractivity contribution in [2.24, 2.45) is 0 Å². The summed E-state index contributed by atoms with van der Waals surface area (Å²) in [5.41, 5.74) is 7.91. The lowest BCUT2D eigenvalue weighted by Gasteiger charge is -2.11. The largest absolute Gasteiger partial charge is 0.325 e. The number of hydrogen-bond donors (Lipinski definition) is 3. The Kier molecular flexibility index (Phi) is 4.36. The average molecular weight is 317 g/mol. The predicted molar refractivity (Wildman–Crippen MR) is 83.6 cm³/mol. The summed E-state index contributed by atoms with van der Waals surface area (Å²) in [4.78, 5) is 12.3. The van der Waals surface area contributed by atoms with E-state index in [0.29, 0.717) is 17.7 Å². The van der Waals surface area contributed by atoms with Crippen molar-refractivity contribution in [3.8, 4) is 0 Å². The van der Waals surface area contributed by atoms with Crippen LogP contribution in [-0.4, -0.2) is 11.9 Å². The van der Waals surface area contributed by atoms with E-state index in [2.05, 4.69) is 16.2 Å². The Labute approximate surface area is 132 Å². The van der Waals surface area contributed by atoms with Gasteiger partial charge in [-0.05, 0) is 54.8 Å². The molecule has 2 aromatic rings. The first-order chi connectivity index (χ1) is 11.0. The highest BCUT2D eigenvalue weighted by atomic mass is 19.1. The van der Waals surface area contributed by atoms with Crippen molar-refractivity contribution in [3.63, 3.8) is 0 Å². The summed E-state index contributed by atoms with van der Waals surface area (Å²) in [6.45, 7) is 1.64. The van der Waals surface area contributed by atoms with Gasteiger partial charge in [0.05, 0.1) is 0 Å². The van der Waals surface area contributed by atoms with Gasteiger partial charge in [0.25, 0.3) is 0 Å². The number of benzene rings is 2. The molecule has 1 amide bonds. The molecule has 1 aliphatic heterocycles. The van der Waals surface area contributed by atoms with E-state index in [4.69, 9.17) is 0 Å². The Morgan fingerprint density at radius 3 is 2.57 bits per heavy atom. The van der Waals surface area contributed by atoms with Crippen LogP contribution in [0.4, 0.5) is 14.5 Å². The van der Waals surface area contributed by atoms with Crippen molar-refractivity contribution in [2.45, 2.75) is 25.4 Å². The molecule has 0 aliphatic carbocycles. The van der Waals surface area contributed by atoms with E-state index in [1.54, 1.807) is 25.1 Å². The SMILES string of the molecule is Cc1cc(NC(=O)C2CC(c3ccc(F)cc3)NN2)ccc1F. The lowest BCUT2D eigenvalue weighted by atomic mass is 10.0. The molecule has 2 aromatic carbocycles. The van der Waals surface area contributed by atoms with E-state index in [0.717, 1.165) is 5.56 Å². The maximum atomic E-state index is 13.2. The lowest BCUT2D eigenvalue weighted by Crippen LogP contribution is -2.39. The Morgan fingerprint density at radius 1 is 1.13 bits per heavy atom. The van der Waals surface area contributed by atoms with Gasteiger partial charge in [-0.15, -0.1) is 0 Å². The van der Waals surface area contributed by atoms with Gasteiger partial charge in [0.15, 0.2) is 0 Å². The molecule has 1 heterocycles. The van der Waals surface area contributed by atoms with Crippen molar-refractivity contribution in [1.82, 2.24) is 10.9 Å². The van der Waals surface area contributed by atoms with Crippen molar-refractivity contribution >= 4 is 11.6 Å². The van der Waals surface area contributed by atoms with Crippen LogP contribution in [0, 0.1) is 18.6 Å². The Morgan fingerprint density at radius 2 is 1.87 bits per heavy atom. The van der Waals surface area contributed by atoms with Crippen molar-refractivity contribution in [2.75, 3.05) is 5.32 Å². The molecule has 0 saturated carbocycles. The van der Waals surface area contributed by atoms with Gasteiger partial charge in [-0.2, -0.15) is 0 Å². The highest BCUT2D eigenvalue weighted by Crippen LogP contribution is 2.23. The molecule has 0 spiro atoms. The molecule has 1 fully saturated rings. The number of anilines is 1. The van der Waals surface area contributed by atoms with Crippen LogP contribution in [0.1, 0.15) is 23.6 Å². The maximum Gasteiger partial charge on any atom is 0.242 e. The number of nitrogens with one attached hydrogen (secondary N) is 3. The van der Waals surface area contributed by atoms with Gasteiger partial charge < -0.3 is 5.32 Å². The molecule has 3 rings (SSSR count). The van der Waals surface area contributed by atoms with Crippen molar-refractivity contribution in [3.05, 3.63) is 65.2 Å². The normalized spacial score (nSPS) is 20.5. The van der Waals surface area contributed by atoms with E-state index >= 15 is 0 Å². The third-order valence-electron chi connectivity index (χ3n) is 3.92. The van der Waals surface area contributed by atoms with E-state index in [-0.39, 0.29) is 23.6 Å². The Bertz CT molecular complexity index is 718. The highest BCUT2D eigenvalue weighted by Gasteiger charge is 2.30. The first kappa shape index (κ1) is 15.6. The number of aryl methyl sites for hydroxylation is 1. The molecule has 1 aliphatic rings. The molecule has 6 heteroatoms. The summed E-state index contributed by atoms with van der Waals surface area (Å²) in [6, 6.07) is 10.1. The second kappa shape index (κ2) is 6.44. The van der Waals surface area contributed by atoms with Gasteiger partial charge in [-0.3, -0.25) is 4.79 Å². The molecule has 3 N–H and O–H groups in total. The number of halogens is 2. The monoisotopic (exact) mass is 317 g/mol. The summed E-state index contributed by atoms with van der Waals surface area (Å²) in [7, 11) is 0. The van der Waals surface area contributed by atoms with E-state index in [1.165, 1.54) is 24.3 Å². The zero-order valence-corrected chi connectivity index (χ0v) is 12.6. The number of hydrogen-bond acceptors (Lipinski definition) is 3. The Balaban J connectivity index is 1.63. The fourth-order valence-corrected chi connectivity index (χ4v) is 2.59. The van der Waals surface area contributed by atoms with Gasteiger partial charge in [0.1, 0.15) is 17.7 Å². The predicted octanol–water partition coefficient (Wildman–Crippen LogP) is 2.82. The highest BCUT2D eigenvalue weighted by molar-refractivity contribution is 5.95. The average Bonchev–Trinajstić information content (AvgIpc) is 3.02. The summed E-state index contributed by atoms with van der Waals surface area (Å²) in [5, 5.41) is 2.76. The van der Waals surface area contributed by atoms with E-state index in [1.807, 2.05) is 0 Å². The molecule has 0 bridgehead atoms. The van der Waals surface area contributed by atoms with Crippen LogP contribution >= 0.6 is 0 Å². The first-order valence-electron chi connectivity index (χ1n) is 7.36. The fraction of sp³-hybridized carbons (Fsp3) is 0.235. The molecule has 0 aromatic heterocycles. The number of carbonyl (C=O) groups excluding carboxylic acids is 1. The van der Waals surface area contributed by atoms with Crippen LogP contribution in [0.2, 0.25) is 0 Å². The summed E-state index contributed by atoms with van der Waals surface area (Å²) in [5.74, 6) is -0.797. The minimum atomic E-state index is -0.421. The number of hydrazine groups is 1. The molecule has 120 valence electrons. The molecule has 1 saturated heterocycles. The zero-order chi connectivity index (χ0) is 16.4. The maximum absolute atomic E-state index is 13.2. The molecule has 0 radical (unpaired) electrons. The lowest BCUT2D eigenvalue weighted by molar-refractivity contribution is -0.117. The second-order valence-corrected chi connectivity index (χ2v) is 5.63. The summed E-state index contributed by atoms with van der Waals surface area (Å²) < 4.78 is 26.2. The van der Waals surface area contributed by atoms with Gasteiger partial charge in [0.2, 0.25) is 5.91 Å². The molecular weight excluding hydrogens is 300 g/mol. The number of amides is 1. The number of rotatable bonds is 3. The second-order valence-electron chi connectivity index (χ2n) is 5.63. The smallest absolute Gasteiger partial charge is 0.242 e. The molecule has 2 unspecified atom stereocenters. The van der Waals surface area contributed by atoms with Crippen LogP contribution in [0.25, 0.3) is 0 Å². The van der Waals surface area contributed by atoms with Gasteiger partial charge in [-0.1, -0.05) is 12.1 Å². The Hall–Kier alpha value is -2.31. The van der Waals surface area contributed by atoms with Crippen molar-refractivity contribution in [1.29, 1.82) is 0 Å². The summed E-state index contributed by atoms with van der Waals surface area (Å²) >= 11 is 0.